The lowest BCUT2D eigenvalue weighted by Gasteiger charge is -2.10. The van der Waals surface area contributed by atoms with Crippen molar-refractivity contribution in [1.82, 2.24) is 34.7 Å². The summed E-state index contributed by atoms with van der Waals surface area (Å²) in [5.74, 6) is 0.531. The largest absolute Gasteiger partial charge is 0.328 e. The Balaban J connectivity index is 1.63. The number of tetrazole rings is 1. The van der Waals surface area contributed by atoms with Crippen LogP contribution in [0, 0.1) is 0 Å². The molecule has 3 heterocycles. The summed E-state index contributed by atoms with van der Waals surface area (Å²) in [4.78, 5) is 17.6. The number of pyridine rings is 1. The molecule has 3 aromatic heterocycles. The SMILES string of the molecule is CCCCc1cn(C(C)CC)c(=O)n1Cc1ccc(-c2cccnc2-c2nnn[nH]2)cc1. The van der Waals surface area contributed by atoms with Gasteiger partial charge in [0.15, 0.2) is 5.82 Å². The lowest BCUT2D eigenvalue weighted by atomic mass is 10.0. The number of unbranched alkanes of at least 4 members (excludes halogenated alkanes) is 1. The molecule has 8 heteroatoms. The summed E-state index contributed by atoms with van der Waals surface area (Å²) in [7, 11) is 0. The van der Waals surface area contributed by atoms with Gasteiger partial charge in [-0.3, -0.25) is 14.1 Å². The first kappa shape index (κ1) is 21.7. The van der Waals surface area contributed by atoms with Crippen LogP contribution < -0.4 is 5.69 Å². The third-order valence-corrected chi connectivity index (χ3v) is 5.92. The van der Waals surface area contributed by atoms with Crippen molar-refractivity contribution in [1.29, 1.82) is 0 Å². The number of hydrogen-bond acceptors (Lipinski definition) is 5. The predicted octanol–water partition coefficient (Wildman–Crippen LogP) is 4.25. The molecule has 32 heavy (non-hydrogen) atoms. The van der Waals surface area contributed by atoms with E-state index in [4.69, 9.17) is 0 Å². The van der Waals surface area contributed by atoms with E-state index in [0.29, 0.717) is 18.1 Å². The number of aromatic amines is 1. The van der Waals surface area contributed by atoms with Crippen LogP contribution in [0.25, 0.3) is 22.6 Å². The van der Waals surface area contributed by atoms with E-state index < -0.39 is 0 Å². The number of nitrogens with zero attached hydrogens (tertiary/aromatic N) is 6. The number of nitrogens with one attached hydrogen (secondary N) is 1. The van der Waals surface area contributed by atoms with Gasteiger partial charge in [-0.2, -0.15) is 0 Å². The molecule has 1 unspecified atom stereocenters. The molecule has 4 rings (SSSR count). The molecule has 8 nitrogen and oxygen atoms in total. The van der Waals surface area contributed by atoms with Gasteiger partial charge < -0.3 is 0 Å². The van der Waals surface area contributed by atoms with E-state index in [9.17, 15) is 4.79 Å². The van der Waals surface area contributed by atoms with Crippen molar-refractivity contribution in [3.8, 4) is 22.6 Å². The number of H-pyrrole nitrogens is 1. The summed E-state index contributed by atoms with van der Waals surface area (Å²) in [6.07, 6.45) is 7.79. The smallest absolute Gasteiger partial charge is 0.296 e. The van der Waals surface area contributed by atoms with Gasteiger partial charge in [0.25, 0.3) is 0 Å². The normalized spacial score (nSPS) is 12.2. The minimum Gasteiger partial charge on any atom is -0.296 e. The lowest BCUT2D eigenvalue weighted by molar-refractivity contribution is 0.504. The minimum atomic E-state index is 0.0712. The number of aromatic nitrogens is 7. The van der Waals surface area contributed by atoms with Crippen molar-refractivity contribution < 1.29 is 0 Å². The van der Waals surface area contributed by atoms with Gasteiger partial charge in [0.2, 0.25) is 0 Å². The Morgan fingerprint density at radius 3 is 2.62 bits per heavy atom. The molecule has 0 bridgehead atoms. The molecule has 0 amide bonds. The van der Waals surface area contributed by atoms with Crippen molar-refractivity contribution in [2.45, 2.75) is 59.0 Å². The van der Waals surface area contributed by atoms with Crippen molar-refractivity contribution in [3.63, 3.8) is 0 Å². The second-order valence-corrected chi connectivity index (χ2v) is 8.10. The quantitative estimate of drug-likeness (QED) is 0.427. The highest BCUT2D eigenvalue weighted by Gasteiger charge is 2.15. The standard InChI is InChI=1S/C24H29N7O/c1-4-6-8-20-16-30(17(3)5-2)24(32)31(20)15-18-10-12-19(13-11-18)21-9-7-14-25-22(21)23-26-28-29-27-23/h7,9-14,16-17H,4-6,8,15H2,1-3H3,(H,26,27,28,29). The van der Waals surface area contributed by atoms with Crippen LogP contribution >= 0.6 is 0 Å². The van der Waals surface area contributed by atoms with Crippen LogP contribution in [-0.2, 0) is 13.0 Å². The second-order valence-electron chi connectivity index (χ2n) is 8.10. The Labute approximate surface area is 187 Å². The highest BCUT2D eigenvalue weighted by atomic mass is 16.1. The van der Waals surface area contributed by atoms with Crippen molar-refractivity contribution in [2.24, 2.45) is 0 Å². The molecule has 0 fully saturated rings. The van der Waals surface area contributed by atoms with E-state index in [1.807, 2.05) is 27.5 Å². The van der Waals surface area contributed by atoms with Gasteiger partial charge in [-0.1, -0.05) is 50.6 Å². The van der Waals surface area contributed by atoms with E-state index in [-0.39, 0.29) is 11.7 Å². The van der Waals surface area contributed by atoms with E-state index in [1.54, 1.807) is 6.20 Å². The molecule has 1 N–H and O–H groups in total. The van der Waals surface area contributed by atoms with Gasteiger partial charge in [0, 0.05) is 29.7 Å². The zero-order valence-corrected chi connectivity index (χ0v) is 18.8. The second kappa shape index (κ2) is 9.72. The van der Waals surface area contributed by atoms with Crippen molar-refractivity contribution >= 4 is 0 Å². The maximum atomic E-state index is 13.1. The Hall–Kier alpha value is -3.55. The zero-order chi connectivity index (χ0) is 22.5. The van der Waals surface area contributed by atoms with E-state index in [0.717, 1.165) is 48.1 Å². The third kappa shape index (κ3) is 4.39. The van der Waals surface area contributed by atoms with E-state index in [2.05, 4.69) is 70.6 Å². The summed E-state index contributed by atoms with van der Waals surface area (Å²) in [6.45, 7) is 6.95. The molecule has 0 aliphatic carbocycles. The first-order chi connectivity index (χ1) is 15.6. The number of rotatable bonds is 9. The number of hydrogen-bond donors (Lipinski definition) is 1. The Kier molecular flexibility index (Phi) is 6.58. The molecule has 0 aliphatic heterocycles. The van der Waals surface area contributed by atoms with Gasteiger partial charge in [-0.25, -0.2) is 9.89 Å². The van der Waals surface area contributed by atoms with Crippen LogP contribution in [0.2, 0.25) is 0 Å². The van der Waals surface area contributed by atoms with Crippen LogP contribution in [0.15, 0.2) is 53.6 Å². The number of benzene rings is 1. The number of aryl methyl sites for hydroxylation is 1. The van der Waals surface area contributed by atoms with Crippen LogP contribution in [-0.4, -0.2) is 34.7 Å². The molecule has 4 aromatic rings. The molecule has 166 valence electrons. The van der Waals surface area contributed by atoms with Gasteiger partial charge in [0.05, 0.1) is 6.54 Å². The highest BCUT2D eigenvalue weighted by molar-refractivity contribution is 5.77. The lowest BCUT2D eigenvalue weighted by Crippen LogP contribution is -2.27. The first-order valence-corrected chi connectivity index (χ1v) is 11.2. The van der Waals surface area contributed by atoms with Gasteiger partial charge >= 0.3 is 5.69 Å². The Bertz CT molecular complexity index is 1210. The molecule has 0 saturated heterocycles. The summed E-state index contributed by atoms with van der Waals surface area (Å²) in [5.41, 5.74) is 4.93. The minimum absolute atomic E-state index is 0.0712. The Morgan fingerprint density at radius 1 is 1.12 bits per heavy atom. The maximum Gasteiger partial charge on any atom is 0.328 e. The van der Waals surface area contributed by atoms with Crippen LogP contribution in [0.5, 0.6) is 0 Å². The maximum absolute atomic E-state index is 13.1. The topological polar surface area (TPSA) is 94.3 Å². The average Bonchev–Trinajstić information content (AvgIpc) is 3.47. The summed E-state index contributed by atoms with van der Waals surface area (Å²) in [5, 5.41) is 14.1. The molecule has 0 aliphatic rings. The van der Waals surface area contributed by atoms with Crippen LogP contribution in [0.1, 0.15) is 57.3 Å². The molecule has 0 spiro atoms. The van der Waals surface area contributed by atoms with Gasteiger partial charge in [-0.05, 0) is 53.8 Å². The van der Waals surface area contributed by atoms with E-state index in [1.165, 1.54) is 0 Å². The Morgan fingerprint density at radius 2 is 1.94 bits per heavy atom. The summed E-state index contributed by atoms with van der Waals surface area (Å²) >= 11 is 0. The fourth-order valence-corrected chi connectivity index (χ4v) is 3.85. The van der Waals surface area contributed by atoms with Crippen LogP contribution in [0.3, 0.4) is 0 Å². The van der Waals surface area contributed by atoms with Crippen molar-refractivity contribution in [3.05, 3.63) is 70.5 Å². The third-order valence-electron chi connectivity index (χ3n) is 5.92. The fourth-order valence-electron chi connectivity index (χ4n) is 3.85. The van der Waals surface area contributed by atoms with Gasteiger partial charge in [0.1, 0.15) is 5.69 Å². The monoisotopic (exact) mass is 431 g/mol. The first-order valence-electron chi connectivity index (χ1n) is 11.2. The van der Waals surface area contributed by atoms with E-state index >= 15 is 0 Å². The molecule has 0 saturated carbocycles. The molecule has 1 aromatic carbocycles. The highest BCUT2D eigenvalue weighted by Crippen LogP contribution is 2.28. The predicted molar refractivity (Wildman–Crippen MR) is 124 cm³/mol. The van der Waals surface area contributed by atoms with Gasteiger partial charge in [-0.15, -0.1) is 5.10 Å². The average molecular weight is 432 g/mol. The van der Waals surface area contributed by atoms with Crippen LogP contribution in [0.4, 0.5) is 0 Å². The molecule has 0 radical (unpaired) electrons. The zero-order valence-electron chi connectivity index (χ0n) is 18.8. The molecule has 1 atom stereocenters. The molecular formula is C24H29N7O. The van der Waals surface area contributed by atoms with Crippen molar-refractivity contribution in [2.75, 3.05) is 0 Å². The molecular weight excluding hydrogens is 402 g/mol. The number of imidazole rings is 1. The summed E-state index contributed by atoms with van der Waals surface area (Å²) in [6, 6.07) is 12.3. The summed E-state index contributed by atoms with van der Waals surface area (Å²) < 4.78 is 3.80. The fraction of sp³-hybridized carbons (Fsp3) is 0.375.